The topological polar surface area (TPSA) is 29.1 Å². The highest BCUT2D eigenvalue weighted by atomic mass is 32.2. The maximum absolute atomic E-state index is 12.4. The second-order valence-electron chi connectivity index (χ2n) is 7.58. The van der Waals surface area contributed by atoms with Crippen LogP contribution in [-0.4, -0.2) is 16.2 Å². The molecule has 0 atom stereocenters. The summed E-state index contributed by atoms with van der Waals surface area (Å²) in [6.45, 7) is 7.96. The molecule has 2 heterocycles. The summed E-state index contributed by atoms with van der Waals surface area (Å²) in [4.78, 5) is 15.1. The van der Waals surface area contributed by atoms with Gasteiger partial charge < -0.3 is 5.32 Å². The molecule has 0 aliphatic carbocycles. The highest BCUT2D eigenvalue weighted by Gasteiger charge is 2.38. The van der Waals surface area contributed by atoms with Gasteiger partial charge in [-0.3, -0.25) is 4.79 Å². The molecule has 2 aliphatic rings. The van der Waals surface area contributed by atoms with E-state index in [1.165, 1.54) is 5.56 Å². The predicted molar refractivity (Wildman–Crippen MR) is 128 cm³/mol. The Balaban J connectivity index is 1.88. The quantitative estimate of drug-likeness (QED) is 0.430. The summed E-state index contributed by atoms with van der Waals surface area (Å²) in [7, 11) is 0. The number of hydrogen-bond donors (Lipinski definition) is 1. The second-order valence-corrected chi connectivity index (χ2v) is 10.3. The zero-order chi connectivity index (χ0) is 20.1. The summed E-state index contributed by atoms with van der Waals surface area (Å²) in [5.74, 6) is 0.0928. The van der Waals surface area contributed by atoms with Crippen molar-refractivity contribution >= 4 is 62.6 Å². The van der Waals surface area contributed by atoms with Crippen molar-refractivity contribution < 1.29 is 4.79 Å². The zero-order valence-corrected chi connectivity index (χ0v) is 18.7. The fourth-order valence-electron chi connectivity index (χ4n) is 3.42. The van der Waals surface area contributed by atoms with Crippen molar-refractivity contribution in [2.45, 2.75) is 33.2 Å². The number of ketones is 1. The summed E-state index contributed by atoms with van der Waals surface area (Å²) in [5, 5.41) is 3.58. The fourth-order valence-corrected chi connectivity index (χ4v) is 6.58. The molecule has 0 aromatic heterocycles. The number of anilines is 1. The minimum absolute atomic E-state index is 0.0928. The van der Waals surface area contributed by atoms with Crippen molar-refractivity contribution in [2.75, 3.05) is 5.32 Å². The van der Waals surface area contributed by atoms with Gasteiger partial charge in [-0.1, -0.05) is 78.2 Å². The van der Waals surface area contributed by atoms with Crippen molar-refractivity contribution in [1.82, 2.24) is 0 Å². The molecule has 0 spiro atoms. The van der Waals surface area contributed by atoms with Crippen molar-refractivity contribution in [1.29, 1.82) is 0 Å². The summed E-state index contributed by atoms with van der Waals surface area (Å²) in [6.07, 6.45) is 0. The Kier molecular flexibility index (Phi) is 5.02. The van der Waals surface area contributed by atoms with Crippen LogP contribution in [0.1, 0.15) is 37.5 Å². The molecule has 0 saturated heterocycles. The first kappa shape index (κ1) is 19.5. The Morgan fingerprint density at radius 2 is 1.79 bits per heavy atom. The predicted octanol–water partition coefficient (Wildman–Crippen LogP) is 6.68. The lowest BCUT2D eigenvalue weighted by Gasteiger charge is -2.37. The highest BCUT2D eigenvalue weighted by Crippen LogP contribution is 2.57. The number of hydrogen-bond acceptors (Lipinski definition) is 5. The molecule has 2 aliphatic heterocycles. The fraction of sp³-hybridized carbons (Fsp3) is 0.217. The molecule has 2 aromatic carbocycles. The summed E-state index contributed by atoms with van der Waals surface area (Å²) in [6, 6.07) is 16.5. The van der Waals surface area contributed by atoms with Crippen LogP contribution in [0, 0.1) is 6.92 Å². The number of Topliss-reactive ketones (excluding diaryl/α,β-unsaturated/α-hetero) is 1. The van der Waals surface area contributed by atoms with Gasteiger partial charge in [-0.2, -0.15) is 0 Å². The summed E-state index contributed by atoms with van der Waals surface area (Å²) in [5.41, 5.74) is 5.24. The Bertz CT molecular complexity index is 1060. The van der Waals surface area contributed by atoms with Crippen LogP contribution in [-0.2, 0) is 4.79 Å². The first-order valence-corrected chi connectivity index (χ1v) is 11.2. The standard InChI is InChI=1S/C23H21NOS3/c1-13-10-11-16-17(12-13)24-23(3,4)21(26)18(16)22-27-19(14(2)25)20(28-22)15-8-6-5-7-9-15/h5-12,24H,1-4H3. The van der Waals surface area contributed by atoms with E-state index in [-0.39, 0.29) is 11.3 Å². The van der Waals surface area contributed by atoms with Gasteiger partial charge in [0.25, 0.3) is 0 Å². The molecule has 28 heavy (non-hydrogen) atoms. The third-order valence-corrected chi connectivity index (χ3v) is 8.30. The average molecular weight is 424 g/mol. The molecule has 2 nitrogen and oxygen atoms in total. The van der Waals surface area contributed by atoms with Crippen LogP contribution in [0.2, 0.25) is 0 Å². The number of thioether (sulfide) groups is 2. The number of fused-ring (bicyclic) bond motifs is 1. The van der Waals surface area contributed by atoms with Crippen molar-refractivity contribution in [3.8, 4) is 0 Å². The largest absolute Gasteiger partial charge is 0.375 e. The molecule has 4 rings (SSSR count). The van der Waals surface area contributed by atoms with E-state index in [0.717, 1.165) is 41.3 Å². The summed E-state index contributed by atoms with van der Waals surface area (Å²) >= 11 is 9.14. The van der Waals surface area contributed by atoms with Gasteiger partial charge in [-0.15, -0.1) is 0 Å². The van der Waals surface area contributed by atoms with Gasteiger partial charge in [0.15, 0.2) is 5.78 Å². The molecule has 0 amide bonds. The van der Waals surface area contributed by atoms with E-state index in [0.29, 0.717) is 0 Å². The van der Waals surface area contributed by atoms with Gasteiger partial charge in [0.1, 0.15) is 0 Å². The van der Waals surface area contributed by atoms with Crippen LogP contribution in [0.4, 0.5) is 5.69 Å². The Labute approximate surface area is 179 Å². The minimum atomic E-state index is -0.328. The molecule has 0 bridgehead atoms. The van der Waals surface area contributed by atoms with Crippen LogP contribution in [0.5, 0.6) is 0 Å². The third-order valence-electron chi connectivity index (χ3n) is 4.84. The monoisotopic (exact) mass is 423 g/mol. The Hall–Kier alpha value is -1.82. The van der Waals surface area contributed by atoms with Crippen LogP contribution in [0.15, 0.2) is 57.7 Å². The minimum Gasteiger partial charge on any atom is -0.375 e. The molecule has 0 unspecified atom stereocenters. The molecule has 0 saturated carbocycles. The third kappa shape index (κ3) is 3.36. The maximum atomic E-state index is 12.4. The van der Waals surface area contributed by atoms with E-state index in [1.54, 1.807) is 30.4 Å². The second kappa shape index (κ2) is 7.21. The van der Waals surface area contributed by atoms with Gasteiger partial charge >= 0.3 is 0 Å². The molecular formula is C23H21NOS3. The van der Waals surface area contributed by atoms with Crippen LogP contribution >= 0.6 is 35.7 Å². The van der Waals surface area contributed by atoms with Gasteiger partial charge in [0.2, 0.25) is 0 Å². The number of rotatable bonds is 2. The van der Waals surface area contributed by atoms with Gasteiger partial charge in [0, 0.05) is 26.6 Å². The SMILES string of the molecule is CC(=O)C1=C(c2ccccc2)SC(=C2C(=S)C(C)(C)Nc3cc(C)ccc32)S1. The van der Waals surface area contributed by atoms with Gasteiger partial charge in [0.05, 0.1) is 14.7 Å². The normalized spacial score (nSPS) is 20.8. The number of allylic oxidation sites excluding steroid dienone is 1. The van der Waals surface area contributed by atoms with E-state index >= 15 is 0 Å². The highest BCUT2D eigenvalue weighted by molar-refractivity contribution is 8.32. The molecule has 2 aromatic rings. The van der Waals surface area contributed by atoms with Crippen LogP contribution in [0.25, 0.3) is 10.5 Å². The molecule has 5 heteroatoms. The van der Waals surface area contributed by atoms with Crippen LogP contribution < -0.4 is 5.32 Å². The number of carbonyl (C=O) groups excluding carboxylic acids is 1. The Morgan fingerprint density at radius 1 is 1.07 bits per heavy atom. The van der Waals surface area contributed by atoms with E-state index in [2.05, 4.69) is 56.4 Å². The molecule has 1 N–H and O–H groups in total. The lowest BCUT2D eigenvalue weighted by molar-refractivity contribution is -0.112. The van der Waals surface area contributed by atoms with Crippen molar-refractivity contribution in [3.05, 3.63) is 74.4 Å². The van der Waals surface area contributed by atoms with E-state index in [4.69, 9.17) is 12.2 Å². The first-order chi connectivity index (χ1) is 13.3. The lowest BCUT2D eigenvalue weighted by Crippen LogP contribution is -2.43. The number of benzene rings is 2. The molecule has 0 radical (unpaired) electrons. The van der Waals surface area contributed by atoms with Crippen molar-refractivity contribution in [2.24, 2.45) is 0 Å². The smallest absolute Gasteiger partial charge is 0.167 e. The van der Waals surface area contributed by atoms with Gasteiger partial charge in [-0.05, 0) is 44.9 Å². The van der Waals surface area contributed by atoms with Crippen molar-refractivity contribution in [3.63, 3.8) is 0 Å². The number of carbonyl (C=O) groups is 1. The zero-order valence-electron chi connectivity index (χ0n) is 16.3. The Morgan fingerprint density at radius 3 is 2.46 bits per heavy atom. The number of aryl methyl sites for hydroxylation is 1. The lowest BCUT2D eigenvalue weighted by atomic mass is 9.85. The molecule has 142 valence electrons. The molecular weight excluding hydrogens is 402 g/mol. The van der Waals surface area contributed by atoms with E-state index in [9.17, 15) is 4.79 Å². The first-order valence-electron chi connectivity index (χ1n) is 9.12. The van der Waals surface area contributed by atoms with Gasteiger partial charge in [-0.25, -0.2) is 0 Å². The van der Waals surface area contributed by atoms with Crippen LogP contribution in [0.3, 0.4) is 0 Å². The maximum Gasteiger partial charge on any atom is 0.167 e. The molecule has 0 fully saturated rings. The van der Waals surface area contributed by atoms with E-state index < -0.39 is 0 Å². The number of thiocarbonyl (C=S) groups is 1. The number of nitrogens with one attached hydrogen (secondary N) is 1. The van der Waals surface area contributed by atoms with E-state index in [1.807, 2.05) is 18.2 Å². The average Bonchev–Trinajstić information content (AvgIpc) is 3.08. The summed E-state index contributed by atoms with van der Waals surface area (Å²) < 4.78 is 1.09.